The maximum absolute atomic E-state index is 13.8. The lowest BCUT2D eigenvalue weighted by Crippen LogP contribution is -2.53. The van der Waals surface area contributed by atoms with Crippen molar-refractivity contribution in [3.8, 4) is 0 Å². The van der Waals surface area contributed by atoms with Crippen molar-refractivity contribution in [2.24, 2.45) is 0 Å². The van der Waals surface area contributed by atoms with E-state index in [1.54, 1.807) is 25.1 Å². The van der Waals surface area contributed by atoms with Gasteiger partial charge in [0.15, 0.2) is 0 Å². The molecule has 202 valence electrons. The number of anilines is 1. The van der Waals surface area contributed by atoms with Gasteiger partial charge in [0.1, 0.15) is 18.4 Å². The Labute approximate surface area is 232 Å². The van der Waals surface area contributed by atoms with Crippen LogP contribution < -0.4 is 9.62 Å². The number of likely N-dealkylation sites (N-methyl/N-ethyl adjacent to an activating group) is 1. The van der Waals surface area contributed by atoms with E-state index in [1.165, 1.54) is 17.0 Å². The molecule has 0 heterocycles. The molecule has 38 heavy (non-hydrogen) atoms. The van der Waals surface area contributed by atoms with Crippen LogP contribution in [0.15, 0.2) is 72.8 Å². The van der Waals surface area contributed by atoms with E-state index in [9.17, 15) is 22.4 Å². The maximum Gasteiger partial charge on any atom is 0.244 e. The van der Waals surface area contributed by atoms with Crippen LogP contribution in [0.5, 0.6) is 0 Å². The molecule has 0 saturated heterocycles. The van der Waals surface area contributed by atoms with Crippen LogP contribution in [0.25, 0.3) is 0 Å². The molecule has 0 radical (unpaired) electrons. The first-order valence-corrected chi connectivity index (χ1v) is 14.4. The first-order valence-electron chi connectivity index (χ1n) is 11.8. The van der Waals surface area contributed by atoms with E-state index < -0.39 is 40.2 Å². The maximum atomic E-state index is 13.8. The molecular weight excluding hydrogens is 552 g/mol. The molecule has 11 heteroatoms. The lowest BCUT2D eigenvalue weighted by atomic mass is 10.0. The molecule has 1 N–H and O–H groups in total. The second-order valence-corrected chi connectivity index (χ2v) is 11.3. The summed E-state index contributed by atoms with van der Waals surface area (Å²) < 4.78 is 39.7. The SMILES string of the molecule is CCNC(=O)[C@@H](Cc1ccccc1)N(Cc1ccc(Cl)c(Cl)c1)C(=O)CN(c1ccc(F)cc1)S(C)(=O)=O. The van der Waals surface area contributed by atoms with Crippen molar-refractivity contribution in [3.05, 3.63) is 99.8 Å². The van der Waals surface area contributed by atoms with Gasteiger partial charge >= 0.3 is 0 Å². The van der Waals surface area contributed by atoms with Crippen molar-refractivity contribution in [1.82, 2.24) is 10.2 Å². The number of carbonyl (C=O) groups is 2. The highest BCUT2D eigenvalue weighted by molar-refractivity contribution is 7.92. The van der Waals surface area contributed by atoms with Gasteiger partial charge in [-0.2, -0.15) is 0 Å². The lowest BCUT2D eigenvalue weighted by molar-refractivity contribution is -0.140. The Kier molecular flexibility index (Phi) is 10.1. The van der Waals surface area contributed by atoms with Crippen molar-refractivity contribution in [1.29, 1.82) is 0 Å². The van der Waals surface area contributed by atoms with Crippen LogP contribution in [0.3, 0.4) is 0 Å². The van der Waals surface area contributed by atoms with Crippen LogP contribution in [-0.2, 0) is 32.6 Å². The Bertz CT molecular complexity index is 1370. The van der Waals surface area contributed by atoms with Crippen molar-refractivity contribution < 1.29 is 22.4 Å². The van der Waals surface area contributed by atoms with Gasteiger partial charge in [0.05, 0.1) is 22.0 Å². The Morgan fingerprint density at radius 1 is 0.947 bits per heavy atom. The predicted octanol–water partition coefficient (Wildman–Crippen LogP) is 4.67. The highest BCUT2D eigenvalue weighted by Gasteiger charge is 2.33. The number of nitrogens with zero attached hydrogens (tertiary/aromatic N) is 2. The molecule has 3 aromatic carbocycles. The number of benzene rings is 3. The molecular formula is C27H28Cl2FN3O4S. The highest BCUT2D eigenvalue weighted by atomic mass is 35.5. The second-order valence-electron chi connectivity index (χ2n) is 8.62. The first-order chi connectivity index (χ1) is 18.0. The molecule has 1 atom stereocenters. The zero-order valence-electron chi connectivity index (χ0n) is 20.9. The number of halogens is 3. The molecule has 0 saturated carbocycles. The summed E-state index contributed by atoms with van der Waals surface area (Å²) in [4.78, 5) is 28.4. The third kappa shape index (κ3) is 7.93. The number of nitrogens with one attached hydrogen (secondary N) is 1. The Balaban J connectivity index is 2.05. The monoisotopic (exact) mass is 579 g/mol. The van der Waals surface area contributed by atoms with E-state index in [-0.39, 0.29) is 23.7 Å². The molecule has 2 amide bonds. The zero-order valence-corrected chi connectivity index (χ0v) is 23.2. The van der Waals surface area contributed by atoms with Gasteiger partial charge in [-0.3, -0.25) is 13.9 Å². The van der Waals surface area contributed by atoms with Gasteiger partial charge < -0.3 is 10.2 Å². The zero-order chi connectivity index (χ0) is 27.9. The number of rotatable bonds is 11. The predicted molar refractivity (Wildman–Crippen MR) is 148 cm³/mol. The van der Waals surface area contributed by atoms with Crippen molar-refractivity contribution >= 4 is 50.7 Å². The average Bonchev–Trinajstić information content (AvgIpc) is 2.87. The lowest BCUT2D eigenvalue weighted by Gasteiger charge is -2.33. The van der Waals surface area contributed by atoms with E-state index in [4.69, 9.17) is 23.2 Å². The number of sulfonamides is 1. The van der Waals surface area contributed by atoms with Crippen molar-refractivity contribution in [2.75, 3.05) is 23.7 Å². The molecule has 7 nitrogen and oxygen atoms in total. The molecule has 0 spiro atoms. The summed E-state index contributed by atoms with van der Waals surface area (Å²) in [6.45, 7) is 1.47. The fourth-order valence-corrected chi connectivity index (χ4v) is 5.07. The fourth-order valence-electron chi connectivity index (χ4n) is 3.90. The van der Waals surface area contributed by atoms with Gasteiger partial charge in [0, 0.05) is 19.5 Å². The summed E-state index contributed by atoms with van der Waals surface area (Å²) >= 11 is 12.3. The topological polar surface area (TPSA) is 86.8 Å². The van der Waals surface area contributed by atoms with Crippen LogP contribution in [0.2, 0.25) is 10.0 Å². The van der Waals surface area contributed by atoms with Crippen LogP contribution in [0, 0.1) is 5.82 Å². The molecule has 3 rings (SSSR count). The third-order valence-electron chi connectivity index (χ3n) is 5.75. The standard InChI is InChI=1S/C27H28Cl2FN3O4S/c1-3-31-27(35)25(16-19-7-5-4-6-8-19)32(17-20-9-14-23(28)24(29)15-20)26(34)18-33(38(2,36)37)22-12-10-21(30)11-13-22/h4-15,25H,3,16-18H2,1-2H3,(H,31,35)/t25-/m1/s1. The van der Waals surface area contributed by atoms with Gasteiger partial charge in [-0.05, 0) is 54.4 Å². The Hall–Kier alpha value is -3.14. The summed E-state index contributed by atoms with van der Waals surface area (Å²) in [5, 5.41) is 3.38. The number of hydrogen-bond donors (Lipinski definition) is 1. The van der Waals surface area contributed by atoms with E-state index in [0.29, 0.717) is 17.1 Å². The summed E-state index contributed by atoms with van der Waals surface area (Å²) in [5.41, 5.74) is 1.53. The minimum Gasteiger partial charge on any atom is -0.355 e. The summed E-state index contributed by atoms with van der Waals surface area (Å²) in [5.74, 6) is -1.57. The van der Waals surface area contributed by atoms with Crippen LogP contribution in [-0.4, -0.2) is 50.5 Å². The summed E-state index contributed by atoms with van der Waals surface area (Å²) in [6, 6.07) is 17.9. The number of carbonyl (C=O) groups excluding carboxylic acids is 2. The van der Waals surface area contributed by atoms with Gasteiger partial charge in [0.2, 0.25) is 21.8 Å². The van der Waals surface area contributed by atoms with Crippen molar-refractivity contribution in [3.63, 3.8) is 0 Å². The molecule has 0 aliphatic heterocycles. The third-order valence-corrected chi connectivity index (χ3v) is 7.63. The van der Waals surface area contributed by atoms with Crippen LogP contribution in [0.1, 0.15) is 18.1 Å². The summed E-state index contributed by atoms with van der Waals surface area (Å²) in [6.07, 6.45) is 1.15. The van der Waals surface area contributed by atoms with E-state index in [2.05, 4.69) is 5.32 Å². The van der Waals surface area contributed by atoms with Crippen molar-refractivity contribution in [2.45, 2.75) is 25.9 Å². The highest BCUT2D eigenvalue weighted by Crippen LogP contribution is 2.25. The Morgan fingerprint density at radius 3 is 2.18 bits per heavy atom. The Morgan fingerprint density at radius 2 is 1.61 bits per heavy atom. The normalized spacial score (nSPS) is 12.0. The van der Waals surface area contributed by atoms with Crippen LogP contribution in [0.4, 0.5) is 10.1 Å². The number of hydrogen-bond acceptors (Lipinski definition) is 4. The van der Waals surface area contributed by atoms with Crippen LogP contribution >= 0.6 is 23.2 Å². The minimum absolute atomic E-state index is 0.0363. The molecule has 0 aliphatic rings. The average molecular weight is 581 g/mol. The van der Waals surface area contributed by atoms with E-state index in [1.807, 2.05) is 30.3 Å². The first kappa shape index (κ1) is 29.4. The smallest absolute Gasteiger partial charge is 0.244 e. The van der Waals surface area contributed by atoms with E-state index in [0.717, 1.165) is 28.3 Å². The van der Waals surface area contributed by atoms with E-state index >= 15 is 0 Å². The molecule has 0 aliphatic carbocycles. The second kappa shape index (κ2) is 13.1. The molecule has 0 unspecified atom stereocenters. The van der Waals surface area contributed by atoms with Gasteiger partial charge in [-0.15, -0.1) is 0 Å². The van der Waals surface area contributed by atoms with Gasteiger partial charge in [-0.1, -0.05) is 59.6 Å². The summed E-state index contributed by atoms with van der Waals surface area (Å²) in [7, 11) is -3.94. The molecule has 3 aromatic rings. The quantitative estimate of drug-likeness (QED) is 0.357. The number of amides is 2. The fraction of sp³-hybridized carbons (Fsp3) is 0.259. The molecule has 0 bridgehead atoms. The minimum atomic E-state index is -3.94. The van der Waals surface area contributed by atoms with Gasteiger partial charge in [0.25, 0.3) is 0 Å². The largest absolute Gasteiger partial charge is 0.355 e. The molecule has 0 aromatic heterocycles. The molecule has 0 fully saturated rings. The van der Waals surface area contributed by atoms with Gasteiger partial charge in [-0.25, -0.2) is 12.8 Å².